The van der Waals surface area contributed by atoms with Crippen molar-refractivity contribution in [2.24, 2.45) is 5.84 Å². The fraction of sp³-hybridized carbons (Fsp3) is 0.111. The van der Waals surface area contributed by atoms with Gasteiger partial charge >= 0.3 is 0 Å². The normalized spacial score (nSPS) is 11.3. The summed E-state index contributed by atoms with van der Waals surface area (Å²) < 4.78 is 0. The molecule has 0 aliphatic heterocycles. The van der Waals surface area contributed by atoms with Crippen LogP contribution in [0, 0.1) is 0 Å². The van der Waals surface area contributed by atoms with Gasteiger partial charge in [0.1, 0.15) is 6.20 Å². The Balaban J connectivity index is 2.39. The molecule has 70 valence electrons. The first kappa shape index (κ1) is 9.57. The minimum Gasteiger partial charge on any atom is -0.857 e. The van der Waals surface area contributed by atoms with Gasteiger partial charge in [0.25, 0.3) is 0 Å². The lowest BCUT2D eigenvalue weighted by molar-refractivity contribution is -0.606. The van der Waals surface area contributed by atoms with Gasteiger partial charge in [0, 0.05) is 12.4 Å². The predicted molar refractivity (Wildman–Crippen MR) is 47.5 cm³/mol. The van der Waals surface area contributed by atoms with Crippen molar-refractivity contribution in [3.05, 3.63) is 48.0 Å². The van der Waals surface area contributed by atoms with Crippen LogP contribution in [0.2, 0.25) is 0 Å². The van der Waals surface area contributed by atoms with E-state index in [0.717, 1.165) is 5.56 Å². The van der Waals surface area contributed by atoms with Crippen LogP contribution in [0.25, 0.3) is 0 Å². The van der Waals surface area contributed by atoms with E-state index in [1.807, 2.05) is 30.3 Å². The van der Waals surface area contributed by atoms with Gasteiger partial charge in [0.05, 0.1) is 0 Å². The molecule has 1 rings (SSSR count). The zero-order valence-electron chi connectivity index (χ0n) is 7.23. The van der Waals surface area contributed by atoms with Crippen molar-refractivity contribution in [1.82, 2.24) is 5.32 Å². The van der Waals surface area contributed by atoms with Crippen molar-refractivity contribution in [3.8, 4) is 0 Å². The van der Waals surface area contributed by atoms with Crippen LogP contribution in [0.4, 0.5) is 0 Å². The second-order valence-corrected chi connectivity index (χ2v) is 2.56. The Bertz CT molecular complexity index is 271. The summed E-state index contributed by atoms with van der Waals surface area (Å²) in [6.07, 6.45) is 1.29. The second-order valence-electron chi connectivity index (χ2n) is 2.56. The third-order valence-corrected chi connectivity index (χ3v) is 1.56. The molecule has 0 saturated heterocycles. The van der Waals surface area contributed by atoms with Gasteiger partial charge in [-0.2, -0.15) is 5.84 Å². The van der Waals surface area contributed by atoms with Gasteiger partial charge in [-0.15, -0.1) is 0 Å². The molecule has 5 N–H and O–H groups in total. The van der Waals surface area contributed by atoms with E-state index in [0.29, 0.717) is 6.54 Å². The van der Waals surface area contributed by atoms with Crippen molar-refractivity contribution in [2.45, 2.75) is 6.54 Å². The smallest absolute Gasteiger partial charge is 0.120 e. The highest BCUT2D eigenvalue weighted by Gasteiger charge is 1.88. The molecule has 0 aliphatic rings. The van der Waals surface area contributed by atoms with E-state index in [1.165, 1.54) is 11.6 Å². The van der Waals surface area contributed by atoms with Crippen LogP contribution >= 0.6 is 0 Å². The van der Waals surface area contributed by atoms with Crippen molar-refractivity contribution in [1.29, 1.82) is 0 Å². The fourth-order valence-electron chi connectivity index (χ4n) is 0.931. The van der Waals surface area contributed by atoms with Gasteiger partial charge < -0.3 is 10.4 Å². The van der Waals surface area contributed by atoms with Gasteiger partial charge in [-0.05, 0) is 5.56 Å². The molecule has 0 aliphatic carbocycles. The maximum Gasteiger partial charge on any atom is 0.120 e. The Labute approximate surface area is 77.0 Å². The third-order valence-electron chi connectivity index (χ3n) is 1.56. The van der Waals surface area contributed by atoms with Crippen molar-refractivity contribution >= 4 is 0 Å². The number of nitrogens with two attached hydrogens (primary N) is 2. The number of quaternary nitrogens is 1. The molecule has 0 amide bonds. The Morgan fingerprint density at radius 2 is 2.15 bits per heavy atom. The molecule has 0 fully saturated rings. The summed E-state index contributed by atoms with van der Waals surface area (Å²) in [7, 11) is 0. The molecular formula is C9H13N3O. The topological polar surface area (TPSA) is 77.7 Å². The van der Waals surface area contributed by atoms with Gasteiger partial charge in [0.15, 0.2) is 0 Å². The van der Waals surface area contributed by atoms with Gasteiger partial charge in [0.2, 0.25) is 0 Å². The average molecular weight is 179 g/mol. The number of hydrogen-bond donors (Lipinski definition) is 3. The average Bonchev–Trinajstić information content (AvgIpc) is 2.17. The van der Waals surface area contributed by atoms with Gasteiger partial charge in [-0.25, -0.2) is 5.43 Å². The summed E-state index contributed by atoms with van der Waals surface area (Å²) in [6.45, 7) is 0.532. The molecule has 0 atom stereocenters. The summed E-state index contributed by atoms with van der Waals surface area (Å²) in [5.74, 6) is 4.88. The minimum absolute atomic E-state index is 0.175. The third kappa shape index (κ3) is 3.59. The lowest BCUT2D eigenvalue weighted by Gasteiger charge is -2.12. The summed E-state index contributed by atoms with van der Waals surface area (Å²) in [5.41, 5.74) is 2.29. The number of hydrogen-bond acceptors (Lipinski definition) is 3. The standard InChI is InChI=1S/C9H13N3O/c10-12-7-9(13)11-6-8-4-2-1-3-5-8/h1-5,7,11-13H,6,10H2/b9-7-. The molecule has 0 aromatic heterocycles. The largest absolute Gasteiger partial charge is 0.857 e. The SMILES string of the molecule is N[NH2+]/C=C(\[O-])NCc1ccccc1. The maximum absolute atomic E-state index is 10.9. The molecule has 0 heterocycles. The fourth-order valence-corrected chi connectivity index (χ4v) is 0.931. The highest BCUT2D eigenvalue weighted by Crippen LogP contribution is 1.97. The van der Waals surface area contributed by atoms with Crippen LogP contribution < -0.4 is 21.7 Å². The predicted octanol–water partition coefficient (Wildman–Crippen LogP) is -1.63. The highest BCUT2D eigenvalue weighted by atomic mass is 16.3. The summed E-state index contributed by atoms with van der Waals surface area (Å²) in [6, 6.07) is 9.70. The monoisotopic (exact) mass is 179 g/mol. The lowest BCUT2D eigenvalue weighted by Crippen LogP contribution is -2.86. The molecule has 4 heteroatoms. The molecule has 0 spiro atoms. The van der Waals surface area contributed by atoms with Crippen LogP contribution in [-0.4, -0.2) is 0 Å². The first-order valence-corrected chi connectivity index (χ1v) is 4.03. The van der Waals surface area contributed by atoms with E-state index in [2.05, 4.69) is 5.32 Å². The first-order valence-electron chi connectivity index (χ1n) is 4.03. The highest BCUT2D eigenvalue weighted by molar-refractivity contribution is 5.14. The minimum atomic E-state index is -0.175. The van der Waals surface area contributed by atoms with Crippen LogP contribution in [0.5, 0.6) is 0 Å². The van der Waals surface area contributed by atoms with E-state index in [-0.39, 0.29) is 5.88 Å². The van der Waals surface area contributed by atoms with E-state index in [4.69, 9.17) is 5.84 Å². The molecule has 0 bridgehead atoms. The maximum atomic E-state index is 10.9. The van der Waals surface area contributed by atoms with Crippen LogP contribution in [0.3, 0.4) is 0 Å². The molecule has 0 saturated carbocycles. The Morgan fingerprint density at radius 1 is 1.46 bits per heavy atom. The summed E-state index contributed by atoms with van der Waals surface area (Å²) in [5, 5.41) is 13.6. The molecular weight excluding hydrogens is 166 g/mol. The molecule has 0 radical (unpaired) electrons. The van der Waals surface area contributed by atoms with Gasteiger partial charge in [-0.3, -0.25) is 0 Å². The molecule has 1 aromatic carbocycles. The quantitative estimate of drug-likeness (QED) is 0.295. The lowest BCUT2D eigenvalue weighted by atomic mass is 10.2. The zero-order valence-corrected chi connectivity index (χ0v) is 7.23. The van der Waals surface area contributed by atoms with E-state index < -0.39 is 0 Å². The Hall–Kier alpha value is -1.52. The summed E-state index contributed by atoms with van der Waals surface area (Å²) in [4.78, 5) is 0. The Kier molecular flexibility index (Phi) is 3.81. The van der Waals surface area contributed by atoms with Crippen molar-refractivity contribution in [3.63, 3.8) is 0 Å². The molecule has 1 aromatic rings. The van der Waals surface area contributed by atoms with Gasteiger partial charge in [-0.1, -0.05) is 30.3 Å². The number of nitrogens with one attached hydrogen (secondary N) is 1. The summed E-state index contributed by atoms with van der Waals surface area (Å²) >= 11 is 0. The van der Waals surface area contributed by atoms with Crippen LogP contribution in [0.1, 0.15) is 5.56 Å². The van der Waals surface area contributed by atoms with E-state index in [1.54, 1.807) is 0 Å². The molecule has 13 heavy (non-hydrogen) atoms. The van der Waals surface area contributed by atoms with Crippen LogP contribution in [-0.2, 0) is 6.54 Å². The van der Waals surface area contributed by atoms with Crippen LogP contribution in [0.15, 0.2) is 42.4 Å². The van der Waals surface area contributed by atoms with Crippen molar-refractivity contribution < 1.29 is 10.5 Å². The zero-order chi connectivity index (χ0) is 9.52. The first-order chi connectivity index (χ1) is 6.33. The van der Waals surface area contributed by atoms with E-state index >= 15 is 0 Å². The second kappa shape index (κ2) is 5.18. The molecule has 0 unspecified atom stereocenters. The molecule has 4 nitrogen and oxygen atoms in total. The van der Waals surface area contributed by atoms with E-state index in [9.17, 15) is 5.11 Å². The van der Waals surface area contributed by atoms with Crippen molar-refractivity contribution in [2.75, 3.05) is 0 Å². The number of benzene rings is 1. The Morgan fingerprint density at radius 3 is 2.77 bits per heavy atom. The number of rotatable bonds is 4.